The molecular formula is C21H22ClF3N2O2. The first-order valence-electron chi connectivity index (χ1n) is 9.66. The molecule has 0 bridgehead atoms. The van der Waals surface area contributed by atoms with Crippen LogP contribution in [0.4, 0.5) is 18.9 Å². The summed E-state index contributed by atoms with van der Waals surface area (Å²) < 4.78 is 50.0. The minimum atomic E-state index is -4.47. The monoisotopic (exact) mass is 426 g/mol. The largest absolute Gasteiger partial charge is 0.454 e. The molecule has 0 radical (unpaired) electrons. The number of nitrogens with one attached hydrogen (secondary N) is 1. The van der Waals surface area contributed by atoms with Crippen LogP contribution in [0, 0.1) is 0 Å². The van der Waals surface area contributed by atoms with E-state index >= 15 is 0 Å². The zero-order valence-electron chi connectivity index (χ0n) is 15.8. The fraction of sp³-hybridized carbons (Fsp3) is 0.429. The van der Waals surface area contributed by atoms with Crippen LogP contribution in [0.2, 0.25) is 5.02 Å². The Morgan fingerprint density at radius 2 is 1.90 bits per heavy atom. The molecular weight excluding hydrogens is 405 g/mol. The third kappa shape index (κ3) is 4.56. The maximum Gasteiger partial charge on any atom is 0.417 e. The van der Waals surface area contributed by atoms with E-state index in [2.05, 4.69) is 16.3 Å². The number of halogens is 4. The van der Waals surface area contributed by atoms with Gasteiger partial charge in [0.25, 0.3) is 0 Å². The van der Waals surface area contributed by atoms with E-state index in [0.717, 1.165) is 49.9 Å². The summed E-state index contributed by atoms with van der Waals surface area (Å²) in [4.78, 5) is 2.37. The van der Waals surface area contributed by atoms with Crippen molar-refractivity contribution in [3.63, 3.8) is 0 Å². The molecule has 0 saturated carbocycles. The zero-order valence-corrected chi connectivity index (χ0v) is 16.5. The second-order valence-electron chi connectivity index (χ2n) is 7.28. The Hall–Kier alpha value is -2.12. The van der Waals surface area contributed by atoms with Crippen LogP contribution in [-0.2, 0) is 6.18 Å². The van der Waals surface area contributed by atoms with Gasteiger partial charge in [0.15, 0.2) is 11.5 Å². The normalized spacial score (nSPS) is 19.4. The predicted molar refractivity (Wildman–Crippen MR) is 106 cm³/mol. The number of rotatable bonds is 5. The number of hydrogen-bond acceptors (Lipinski definition) is 4. The van der Waals surface area contributed by atoms with Gasteiger partial charge in [-0.05, 0) is 55.3 Å². The molecule has 4 nitrogen and oxygen atoms in total. The quantitative estimate of drug-likeness (QED) is 0.662. The zero-order chi connectivity index (χ0) is 20.4. The number of likely N-dealkylation sites (tertiary alicyclic amines) is 1. The van der Waals surface area contributed by atoms with Gasteiger partial charge in [-0.1, -0.05) is 24.1 Å². The Morgan fingerprint density at radius 3 is 2.72 bits per heavy atom. The van der Waals surface area contributed by atoms with Gasteiger partial charge in [-0.25, -0.2) is 0 Å². The van der Waals surface area contributed by atoms with Gasteiger partial charge in [0, 0.05) is 24.8 Å². The second kappa shape index (κ2) is 8.32. The van der Waals surface area contributed by atoms with Crippen molar-refractivity contribution in [3.05, 3.63) is 52.5 Å². The lowest BCUT2D eigenvalue weighted by Crippen LogP contribution is -2.36. The van der Waals surface area contributed by atoms with Gasteiger partial charge < -0.3 is 14.8 Å². The maximum absolute atomic E-state index is 13.0. The molecule has 2 aliphatic heterocycles. The molecule has 8 heteroatoms. The number of piperidine rings is 1. The highest BCUT2D eigenvalue weighted by Crippen LogP contribution is 2.39. The summed E-state index contributed by atoms with van der Waals surface area (Å²) in [5, 5.41) is 2.81. The van der Waals surface area contributed by atoms with Crippen molar-refractivity contribution >= 4 is 17.3 Å². The molecule has 1 saturated heterocycles. The van der Waals surface area contributed by atoms with Crippen LogP contribution in [0.3, 0.4) is 0 Å². The van der Waals surface area contributed by atoms with E-state index < -0.39 is 11.7 Å². The Morgan fingerprint density at radius 1 is 1.07 bits per heavy atom. The van der Waals surface area contributed by atoms with Gasteiger partial charge >= 0.3 is 6.18 Å². The fourth-order valence-corrected chi connectivity index (χ4v) is 4.18. The average molecular weight is 427 g/mol. The third-order valence-electron chi connectivity index (χ3n) is 5.39. The molecule has 2 aliphatic rings. The Bertz CT molecular complexity index is 875. The molecule has 1 N–H and O–H groups in total. The molecule has 2 heterocycles. The highest BCUT2D eigenvalue weighted by molar-refractivity contribution is 6.31. The van der Waals surface area contributed by atoms with Crippen molar-refractivity contribution in [1.82, 2.24) is 4.90 Å². The van der Waals surface area contributed by atoms with Crippen molar-refractivity contribution in [3.8, 4) is 11.5 Å². The first-order chi connectivity index (χ1) is 13.9. The molecule has 0 aliphatic carbocycles. The number of benzene rings is 2. The molecule has 1 fully saturated rings. The lowest BCUT2D eigenvalue weighted by molar-refractivity contribution is -0.137. The Labute approximate surface area is 172 Å². The van der Waals surface area contributed by atoms with Crippen molar-refractivity contribution in [1.29, 1.82) is 0 Å². The van der Waals surface area contributed by atoms with Crippen LogP contribution in [0.25, 0.3) is 0 Å². The standard InChI is InChI=1S/C21H22ClF3N2O2/c22-17-6-5-15(12-16(17)21(23,24)25)26-8-10-27-9-2-1-3-18(27)14-4-7-19-20(11-14)29-13-28-19/h4-7,11-12,18,26H,1-3,8-10,13H2. The molecule has 29 heavy (non-hydrogen) atoms. The predicted octanol–water partition coefficient (Wildman–Crippen LogP) is 5.73. The highest BCUT2D eigenvalue weighted by Gasteiger charge is 2.33. The van der Waals surface area contributed by atoms with Gasteiger partial charge in [0.2, 0.25) is 6.79 Å². The fourth-order valence-electron chi connectivity index (χ4n) is 3.95. The molecule has 156 valence electrons. The van der Waals surface area contributed by atoms with E-state index in [9.17, 15) is 13.2 Å². The molecule has 2 aromatic rings. The summed E-state index contributed by atoms with van der Waals surface area (Å²) >= 11 is 5.69. The molecule has 0 aromatic heterocycles. The van der Waals surface area contributed by atoms with Crippen molar-refractivity contribution < 1.29 is 22.6 Å². The summed E-state index contributed by atoms with van der Waals surface area (Å²) in [7, 11) is 0. The number of anilines is 1. The summed E-state index contributed by atoms with van der Waals surface area (Å²) in [6, 6.07) is 10.2. The van der Waals surface area contributed by atoms with Crippen molar-refractivity contribution in [2.24, 2.45) is 0 Å². The molecule has 1 atom stereocenters. The molecule has 0 amide bonds. The summed E-state index contributed by atoms with van der Waals surface area (Å²) in [5.74, 6) is 1.54. The van der Waals surface area contributed by atoms with Crippen molar-refractivity contribution in [2.75, 3.05) is 31.7 Å². The van der Waals surface area contributed by atoms with Crippen molar-refractivity contribution in [2.45, 2.75) is 31.5 Å². The van der Waals surface area contributed by atoms with E-state index in [0.29, 0.717) is 12.2 Å². The molecule has 0 spiro atoms. The van der Waals surface area contributed by atoms with Crippen LogP contribution < -0.4 is 14.8 Å². The SMILES string of the molecule is FC(F)(F)c1cc(NCCN2CCCCC2c2ccc3c(c2)OCO3)ccc1Cl. The molecule has 4 rings (SSSR count). The number of fused-ring (bicyclic) bond motifs is 1. The first-order valence-corrected chi connectivity index (χ1v) is 10.0. The van der Waals surface area contributed by atoms with Gasteiger partial charge in [-0.15, -0.1) is 0 Å². The minimum absolute atomic E-state index is 0.248. The first kappa shape index (κ1) is 20.2. The Kier molecular flexibility index (Phi) is 5.79. The summed E-state index contributed by atoms with van der Waals surface area (Å²) in [5.41, 5.74) is 0.776. The highest BCUT2D eigenvalue weighted by atomic mass is 35.5. The van der Waals surface area contributed by atoms with Crippen LogP contribution in [0.15, 0.2) is 36.4 Å². The molecule has 1 unspecified atom stereocenters. The minimum Gasteiger partial charge on any atom is -0.454 e. The van der Waals surface area contributed by atoms with Gasteiger partial charge in [-0.3, -0.25) is 4.90 Å². The lowest BCUT2D eigenvalue weighted by Gasteiger charge is -2.36. The van der Waals surface area contributed by atoms with Crippen LogP contribution in [0.5, 0.6) is 11.5 Å². The van der Waals surface area contributed by atoms with E-state index in [1.807, 2.05) is 12.1 Å². The molecule has 2 aromatic carbocycles. The summed E-state index contributed by atoms with van der Waals surface area (Å²) in [6.07, 6.45) is -1.17. The van der Waals surface area contributed by atoms with Gasteiger partial charge in [0.1, 0.15) is 0 Å². The van der Waals surface area contributed by atoms with E-state index in [4.69, 9.17) is 21.1 Å². The van der Waals surface area contributed by atoms with E-state index in [1.54, 1.807) is 6.07 Å². The van der Waals surface area contributed by atoms with Crippen LogP contribution >= 0.6 is 11.6 Å². The average Bonchev–Trinajstić information content (AvgIpc) is 3.16. The van der Waals surface area contributed by atoms with Gasteiger partial charge in [0.05, 0.1) is 10.6 Å². The maximum atomic E-state index is 13.0. The Balaban J connectivity index is 1.41. The smallest absolute Gasteiger partial charge is 0.417 e. The van der Waals surface area contributed by atoms with Crippen LogP contribution in [0.1, 0.15) is 36.4 Å². The summed E-state index contributed by atoms with van der Waals surface area (Å²) in [6.45, 7) is 2.47. The van der Waals surface area contributed by atoms with Gasteiger partial charge in [-0.2, -0.15) is 13.2 Å². The third-order valence-corrected chi connectivity index (χ3v) is 5.72. The lowest BCUT2D eigenvalue weighted by atomic mass is 9.95. The number of hydrogen-bond donors (Lipinski definition) is 1. The second-order valence-corrected chi connectivity index (χ2v) is 7.69. The number of nitrogens with zero attached hydrogens (tertiary/aromatic N) is 1. The topological polar surface area (TPSA) is 33.7 Å². The number of alkyl halides is 3. The van der Waals surface area contributed by atoms with E-state index in [1.165, 1.54) is 11.6 Å². The number of ether oxygens (including phenoxy) is 2. The van der Waals surface area contributed by atoms with Crippen LogP contribution in [-0.4, -0.2) is 31.3 Å². The van der Waals surface area contributed by atoms with E-state index in [-0.39, 0.29) is 17.9 Å².